The van der Waals surface area contributed by atoms with Crippen molar-refractivity contribution in [2.24, 2.45) is 5.92 Å². The summed E-state index contributed by atoms with van der Waals surface area (Å²) < 4.78 is 37.9. The Morgan fingerprint density at radius 1 is 1.29 bits per heavy atom. The molecule has 9 nitrogen and oxygen atoms in total. The molecule has 1 aliphatic rings. The number of sulfonamides is 1. The molecule has 0 aliphatic carbocycles. The van der Waals surface area contributed by atoms with Crippen LogP contribution in [-0.4, -0.2) is 81.8 Å². The predicted molar refractivity (Wildman–Crippen MR) is 119 cm³/mol. The van der Waals surface area contributed by atoms with Crippen molar-refractivity contribution < 1.29 is 27.5 Å². The van der Waals surface area contributed by atoms with E-state index in [4.69, 9.17) is 9.47 Å². The lowest BCUT2D eigenvalue weighted by Gasteiger charge is -2.35. The van der Waals surface area contributed by atoms with E-state index in [1.807, 2.05) is 13.8 Å². The third-order valence-corrected chi connectivity index (χ3v) is 6.81. The van der Waals surface area contributed by atoms with Gasteiger partial charge in [0.15, 0.2) is 0 Å². The first kappa shape index (κ1) is 24.9. The van der Waals surface area contributed by atoms with E-state index in [1.54, 1.807) is 31.2 Å². The first-order valence-corrected chi connectivity index (χ1v) is 12.0. The van der Waals surface area contributed by atoms with Crippen LogP contribution < -0.4 is 9.46 Å². The number of methoxy groups -OCH3 is 1. The van der Waals surface area contributed by atoms with E-state index in [0.29, 0.717) is 18.8 Å². The topological polar surface area (TPSA) is 105 Å². The molecule has 31 heavy (non-hydrogen) atoms. The van der Waals surface area contributed by atoms with E-state index in [0.717, 1.165) is 0 Å². The Kier molecular flexibility index (Phi) is 8.30. The molecule has 0 unspecified atom stereocenters. The van der Waals surface area contributed by atoms with Crippen molar-refractivity contribution in [3.63, 3.8) is 0 Å². The number of nitrogens with zero attached hydrogens (tertiary/aromatic N) is 2. The molecule has 2 rings (SSSR count). The fourth-order valence-corrected chi connectivity index (χ4v) is 4.16. The Hall–Kier alpha value is -2.33. The molecule has 3 atom stereocenters. The lowest BCUT2D eigenvalue weighted by molar-refractivity contribution is -0.133. The number of likely N-dealkylation sites (N-methyl/N-ethyl adjacent to an activating group) is 1. The number of fused-ring (bicyclic) bond motifs is 1. The molecule has 0 fully saturated rings. The molecule has 0 saturated heterocycles. The Morgan fingerprint density at radius 2 is 1.97 bits per heavy atom. The van der Waals surface area contributed by atoms with E-state index in [1.165, 1.54) is 24.8 Å². The molecule has 0 bridgehead atoms. The smallest absolute Gasteiger partial charge is 0.257 e. The van der Waals surface area contributed by atoms with Crippen LogP contribution in [0, 0.1) is 5.92 Å². The van der Waals surface area contributed by atoms with Crippen LogP contribution in [0.25, 0.3) is 0 Å². The fraction of sp³-hybridized carbons (Fsp3) is 0.619. The molecular formula is C21H33N3O6S. The number of benzene rings is 1. The summed E-state index contributed by atoms with van der Waals surface area (Å²) in [7, 11) is -0.253. The molecule has 2 amide bonds. The Morgan fingerprint density at radius 3 is 2.55 bits per heavy atom. The fourth-order valence-electron chi connectivity index (χ4n) is 3.53. The highest BCUT2D eigenvalue weighted by molar-refractivity contribution is 7.92. The molecule has 1 N–H and O–H groups in total. The van der Waals surface area contributed by atoms with Crippen molar-refractivity contribution >= 4 is 27.5 Å². The Balaban J connectivity index is 2.48. The maximum atomic E-state index is 13.2. The largest absolute Gasteiger partial charge is 0.491 e. The predicted octanol–water partition coefficient (Wildman–Crippen LogP) is 1.80. The number of nitrogens with one attached hydrogen (secondary N) is 1. The maximum absolute atomic E-state index is 13.2. The second-order valence-corrected chi connectivity index (χ2v) is 10.00. The number of carbonyl (C=O) groups excluding carboxylic acids is 2. The molecule has 0 saturated carbocycles. The van der Waals surface area contributed by atoms with Crippen LogP contribution in [0.2, 0.25) is 0 Å². The van der Waals surface area contributed by atoms with Crippen LogP contribution in [-0.2, 0) is 19.6 Å². The van der Waals surface area contributed by atoms with Gasteiger partial charge in [0.1, 0.15) is 12.4 Å². The summed E-state index contributed by atoms with van der Waals surface area (Å²) in [6.07, 6.45) is -0.284. The minimum atomic E-state index is -3.50. The van der Waals surface area contributed by atoms with Crippen LogP contribution in [0.5, 0.6) is 5.75 Å². The van der Waals surface area contributed by atoms with Crippen molar-refractivity contribution in [3.05, 3.63) is 23.8 Å². The summed E-state index contributed by atoms with van der Waals surface area (Å²) in [4.78, 5) is 28.7. The maximum Gasteiger partial charge on any atom is 0.257 e. The standard InChI is InChI=1S/C21H33N3O6S/c1-7-31(27,28)22-17-8-9-19-18(10-17)21(26)23(5)12-20(29-6)14(2)11-24(16(4)25)15(3)13-30-19/h8-10,14-15,20,22H,7,11-13H2,1-6H3/t14-,15+,20+/m0/s1. The Bertz CT molecular complexity index is 904. The van der Waals surface area contributed by atoms with Gasteiger partial charge < -0.3 is 19.3 Å². The molecule has 0 radical (unpaired) electrons. The quantitative estimate of drug-likeness (QED) is 0.742. The highest BCUT2D eigenvalue weighted by Crippen LogP contribution is 2.27. The number of carbonyl (C=O) groups is 2. The minimum absolute atomic E-state index is 0.0202. The number of hydrogen-bond donors (Lipinski definition) is 1. The first-order valence-electron chi connectivity index (χ1n) is 10.3. The summed E-state index contributed by atoms with van der Waals surface area (Å²) in [5.74, 6) is -0.148. The SMILES string of the molecule is CCS(=O)(=O)Nc1ccc2c(c1)C(=O)N(C)C[C@@H](OC)[C@@H](C)CN(C(C)=O)[C@H](C)CO2. The van der Waals surface area contributed by atoms with Gasteiger partial charge in [-0.05, 0) is 32.0 Å². The highest BCUT2D eigenvalue weighted by Gasteiger charge is 2.29. The first-order chi connectivity index (χ1) is 14.5. The number of ether oxygens (including phenoxy) is 2. The highest BCUT2D eigenvalue weighted by atomic mass is 32.2. The number of rotatable bonds is 4. The van der Waals surface area contributed by atoms with Gasteiger partial charge in [0, 0.05) is 45.8 Å². The summed E-state index contributed by atoms with van der Waals surface area (Å²) >= 11 is 0. The van der Waals surface area contributed by atoms with E-state index in [-0.39, 0.29) is 53.5 Å². The minimum Gasteiger partial charge on any atom is -0.491 e. The van der Waals surface area contributed by atoms with Crippen LogP contribution >= 0.6 is 0 Å². The van der Waals surface area contributed by atoms with Crippen molar-refractivity contribution in [3.8, 4) is 5.75 Å². The number of amides is 2. The summed E-state index contributed by atoms with van der Waals surface area (Å²) in [6, 6.07) is 4.38. The van der Waals surface area contributed by atoms with E-state index in [2.05, 4.69) is 4.72 Å². The van der Waals surface area contributed by atoms with Gasteiger partial charge in [0.05, 0.1) is 23.5 Å². The third kappa shape index (κ3) is 6.33. The van der Waals surface area contributed by atoms with Crippen molar-refractivity contribution in [2.75, 3.05) is 44.3 Å². The summed E-state index contributed by atoms with van der Waals surface area (Å²) in [6.45, 7) is 7.89. The lowest BCUT2D eigenvalue weighted by Crippen LogP contribution is -2.48. The number of anilines is 1. The van der Waals surface area contributed by atoms with E-state index < -0.39 is 10.0 Å². The van der Waals surface area contributed by atoms with Crippen LogP contribution in [0.15, 0.2) is 18.2 Å². The van der Waals surface area contributed by atoms with Crippen LogP contribution in [0.4, 0.5) is 5.69 Å². The van der Waals surface area contributed by atoms with E-state index >= 15 is 0 Å². The zero-order valence-corrected chi connectivity index (χ0v) is 19.9. The average molecular weight is 456 g/mol. The molecule has 10 heteroatoms. The molecular weight excluding hydrogens is 422 g/mol. The van der Waals surface area contributed by atoms with Gasteiger partial charge in [-0.25, -0.2) is 8.42 Å². The van der Waals surface area contributed by atoms with Gasteiger partial charge in [0.2, 0.25) is 15.9 Å². The van der Waals surface area contributed by atoms with Gasteiger partial charge in [-0.15, -0.1) is 0 Å². The second kappa shape index (κ2) is 10.3. The summed E-state index contributed by atoms with van der Waals surface area (Å²) in [5.41, 5.74) is 0.525. The van der Waals surface area contributed by atoms with Gasteiger partial charge in [-0.2, -0.15) is 0 Å². The number of hydrogen-bond acceptors (Lipinski definition) is 6. The molecule has 1 aromatic rings. The van der Waals surface area contributed by atoms with Gasteiger partial charge >= 0.3 is 0 Å². The molecule has 1 aliphatic heterocycles. The summed E-state index contributed by atoms with van der Waals surface area (Å²) in [5, 5.41) is 0. The van der Waals surface area contributed by atoms with Gasteiger partial charge in [-0.1, -0.05) is 6.92 Å². The molecule has 174 valence electrons. The molecule has 1 heterocycles. The molecule has 1 aromatic carbocycles. The zero-order chi connectivity index (χ0) is 23.3. The Labute approximate surface area is 184 Å². The second-order valence-electron chi connectivity index (χ2n) is 7.98. The molecule has 0 spiro atoms. The lowest BCUT2D eigenvalue weighted by atomic mass is 10.0. The zero-order valence-electron chi connectivity index (χ0n) is 19.0. The van der Waals surface area contributed by atoms with Crippen molar-refractivity contribution in [2.45, 2.75) is 39.8 Å². The van der Waals surface area contributed by atoms with Gasteiger partial charge in [-0.3, -0.25) is 14.3 Å². The van der Waals surface area contributed by atoms with Crippen LogP contribution in [0.3, 0.4) is 0 Å². The van der Waals surface area contributed by atoms with E-state index in [9.17, 15) is 18.0 Å². The molecule has 0 aromatic heterocycles. The monoisotopic (exact) mass is 455 g/mol. The van der Waals surface area contributed by atoms with Crippen molar-refractivity contribution in [1.29, 1.82) is 0 Å². The average Bonchev–Trinajstić information content (AvgIpc) is 2.72. The van der Waals surface area contributed by atoms with Crippen LogP contribution in [0.1, 0.15) is 38.1 Å². The van der Waals surface area contributed by atoms with Crippen molar-refractivity contribution in [1.82, 2.24) is 9.80 Å². The normalized spacial score (nSPS) is 23.3. The third-order valence-electron chi connectivity index (χ3n) is 5.50. The van der Waals surface area contributed by atoms with Gasteiger partial charge in [0.25, 0.3) is 5.91 Å².